The summed E-state index contributed by atoms with van der Waals surface area (Å²) >= 11 is 0. The molecule has 1 aromatic carbocycles. The average molecular weight is 285 g/mol. The quantitative estimate of drug-likeness (QED) is 0.883. The fourth-order valence-corrected chi connectivity index (χ4v) is 1.72. The Kier molecular flexibility index (Phi) is 4.49. The Balaban J connectivity index is 2.04. The second-order valence-corrected chi connectivity index (χ2v) is 3.96. The van der Waals surface area contributed by atoms with Crippen molar-refractivity contribution in [3.63, 3.8) is 0 Å². The molecule has 0 atom stereocenters. The number of benzene rings is 1. The van der Waals surface area contributed by atoms with Crippen LogP contribution in [-0.4, -0.2) is 16.2 Å². The van der Waals surface area contributed by atoms with Crippen molar-refractivity contribution in [2.75, 3.05) is 11.9 Å². The van der Waals surface area contributed by atoms with E-state index in [1.807, 2.05) is 0 Å². The molecule has 1 N–H and O–H groups in total. The molecule has 0 bridgehead atoms. The highest BCUT2D eigenvalue weighted by Crippen LogP contribution is 2.22. The number of nitrogens with zero attached hydrogens (tertiary/aromatic N) is 2. The van der Waals surface area contributed by atoms with E-state index in [1.54, 1.807) is 13.0 Å². The summed E-state index contributed by atoms with van der Waals surface area (Å²) in [6.45, 7) is -0.442. The number of halogens is 3. The third-order valence-corrected chi connectivity index (χ3v) is 2.64. The lowest BCUT2D eigenvalue weighted by Crippen LogP contribution is -2.09. The van der Waals surface area contributed by atoms with E-state index in [1.165, 1.54) is 24.5 Å². The van der Waals surface area contributed by atoms with Crippen LogP contribution in [0.2, 0.25) is 0 Å². The second kappa shape index (κ2) is 6.31. The smallest absolute Gasteiger partial charge is 0.319 e. The van der Waals surface area contributed by atoms with Crippen molar-refractivity contribution < 1.29 is 17.9 Å². The summed E-state index contributed by atoms with van der Waals surface area (Å²) in [5, 5.41) is 2.84. The van der Waals surface area contributed by atoms with Crippen molar-refractivity contribution in [2.45, 2.75) is 20.0 Å². The molecule has 0 amide bonds. The standard InChI is InChI=1S/C13H14F3N3O/c1-2-20-11-4-3-9(7-10(11)14)18-8-12-17-5-6-19(12)13(15)16/h3-7,13,18H,2,8H2,1H3. The van der Waals surface area contributed by atoms with Crippen LogP contribution in [0.5, 0.6) is 5.75 Å². The van der Waals surface area contributed by atoms with E-state index in [2.05, 4.69) is 10.3 Å². The van der Waals surface area contributed by atoms with Gasteiger partial charge in [0.1, 0.15) is 5.82 Å². The van der Waals surface area contributed by atoms with Crippen LogP contribution in [0.1, 0.15) is 19.3 Å². The maximum atomic E-state index is 13.6. The number of aromatic nitrogens is 2. The molecule has 7 heteroatoms. The summed E-state index contributed by atoms with van der Waals surface area (Å²) in [6, 6.07) is 4.35. The molecule has 0 aliphatic heterocycles. The van der Waals surface area contributed by atoms with Crippen molar-refractivity contribution in [2.24, 2.45) is 0 Å². The van der Waals surface area contributed by atoms with Crippen LogP contribution in [0.15, 0.2) is 30.6 Å². The summed E-state index contributed by atoms with van der Waals surface area (Å²) < 4.78 is 44.6. The third kappa shape index (κ3) is 3.23. The van der Waals surface area contributed by atoms with E-state index < -0.39 is 12.4 Å². The van der Waals surface area contributed by atoms with Crippen molar-refractivity contribution in [3.8, 4) is 5.75 Å². The predicted octanol–water partition coefficient (Wildman–Crippen LogP) is 3.43. The lowest BCUT2D eigenvalue weighted by Gasteiger charge is -2.10. The molecule has 0 aliphatic carbocycles. The molecule has 2 aromatic rings. The molecule has 1 aromatic heterocycles. The van der Waals surface area contributed by atoms with Gasteiger partial charge in [-0.25, -0.2) is 9.37 Å². The van der Waals surface area contributed by atoms with E-state index in [0.717, 1.165) is 4.57 Å². The first-order valence-electron chi connectivity index (χ1n) is 6.08. The van der Waals surface area contributed by atoms with Gasteiger partial charge in [-0.3, -0.25) is 4.57 Å². The fourth-order valence-electron chi connectivity index (χ4n) is 1.72. The van der Waals surface area contributed by atoms with Crippen molar-refractivity contribution in [3.05, 3.63) is 42.2 Å². The van der Waals surface area contributed by atoms with Gasteiger partial charge in [0, 0.05) is 24.1 Å². The highest BCUT2D eigenvalue weighted by atomic mass is 19.3. The highest BCUT2D eigenvalue weighted by Gasteiger charge is 2.11. The van der Waals surface area contributed by atoms with Gasteiger partial charge in [0.15, 0.2) is 11.6 Å². The predicted molar refractivity (Wildman–Crippen MR) is 68.4 cm³/mol. The first-order valence-corrected chi connectivity index (χ1v) is 6.08. The maximum Gasteiger partial charge on any atom is 0.319 e. The zero-order valence-electron chi connectivity index (χ0n) is 10.8. The number of hydrogen-bond acceptors (Lipinski definition) is 3. The highest BCUT2D eigenvalue weighted by molar-refractivity contribution is 5.47. The molecular formula is C13H14F3N3O. The van der Waals surface area contributed by atoms with Crippen molar-refractivity contribution in [1.29, 1.82) is 0 Å². The second-order valence-electron chi connectivity index (χ2n) is 3.96. The molecule has 1 heterocycles. The Bertz CT molecular complexity index is 572. The number of hydrogen-bond donors (Lipinski definition) is 1. The molecule has 0 saturated carbocycles. The van der Waals surface area contributed by atoms with Gasteiger partial charge in [0.25, 0.3) is 0 Å². The minimum Gasteiger partial charge on any atom is -0.491 e. The van der Waals surface area contributed by atoms with Crippen LogP contribution in [0, 0.1) is 5.82 Å². The van der Waals surface area contributed by atoms with Gasteiger partial charge < -0.3 is 10.1 Å². The molecule has 0 radical (unpaired) electrons. The lowest BCUT2D eigenvalue weighted by molar-refractivity contribution is 0.0673. The molecule has 0 saturated heterocycles. The monoisotopic (exact) mass is 285 g/mol. The van der Waals surface area contributed by atoms with E-state index in [4.69, 9.17) is 4.74 Å². The molecule has 0 fully saturated rings. The van der Waals surface area contributed by atoms with Gasteiger partial charge in [-0.05, 0) is 19.1 Å². The summed E-state index contributed by atoms with van der Waals surface area (Å²) in [4.78, 5) is 3.82. The van der Waals surface area contributed by atoms with Crippen molar-refractivity contribution >= 4 is 5.69 Å². The molecule has 0 unspecified atom stereocenters. The van der Waals surface area contributed by atoms with Crippen LogP contribution in [0.25, 0.3) is 0 Å². The normalized spacial score (nSPS) is 10.8. The number of imidazole rings is 1. The number of nitrogens with one attached hydrogen (secondary N) is 1. The van der Waals surface area contributed by atoms with E-state index in [0.29, 0.717) is 12.3 Å². The van der Waals surface area contributed by atoms with Gasteiger partial charge in [0.05, 0.1) is 13.2 Å². The summed E-state index contributed by atoms with van der Waals surface area (Å²) in [7, 11) is 0. The van der Waals surface area contributed by atoms with Gasteiger partial charge in [-0.1, -0.05) is 0 Å². The van der Waals surface area contributed by atoms with Crippen LogP contribution >= 0.6 is 0 Å². The van der Waals surface area contributed by atoms with Crippen LogP contribution in [0.3, 0.4) is 0 Å². The number of rotatable bonds is 6. The van der Waals surface area contributed by atoms with E-state index in [9.17, 15) is 13.2 Å². The first-order chi connectivity index (χ1) is 9.61. The zero-order valence-corrected chi connectivity index (χ0v) is 10.8. The van der Waals surface area contributed by atoms with Crippen LogP contribution in [-0.2, 0) is 6.54 Å². The van der Waals surface area contributed by atoms with Gasteiger partial charge in [0.2, 0.25) is 0 Å². The van der Waals surface area contributed by atoms with Gasteiger partial charge in [-0.2, -0.15) is 8.78 Å². The van der Waals surface area contributed by atoms with E-state index in [-0.39, 0.29) is 18.1 Å². The summed E-state index contributed by atoms with van der Waals surface area (Å²) in [6.07, 6.45) is 2.49. The minimum atomic E-state index is -2.65. The zero-order chi connectivity index (χ0) is 14.5. The van der Waals surface area contributed by atoms with Crippen molar-refractivity contribution in [1.82, 2.24) is 9.55 Å². The Morgan fingerprint density at radius 1 is 1.40 bits per heavy atom. The summed E-state index contributed by atoms with van der Waals surface area (Å²) in [5.41, 5.74) is 0.467. The molecule has 20 heavy (non-hydrogen) atoms. The summed E-state index contributed by atoms with van der Waals surface area (Å²) in [5.74, 6) is -0.171. The number of anilines is 1. The van der Waals surface area contributed by atoms with Crippen LogP contribution in [0.4, 0.5) is 18.9 Å². The number of alkyl halides is 2. The Hall–Kier alpha value is -2.18. The molecule has 2 rings (SSSR count). The number of ether oxygens (including phenoxy) is 1. The topological polar surface area (TPSA) is 39.1 Å². The Morgan fingerprint density at radius 3 is 2.85 bits per heavy atom. The third-order valence-electron chi connectivity index (χ3n) is 2.64. The minimum absolute atomic E-state index is 0.0742. The van der Waals surface area contributed by atoms with Crippen LogP contribution < -0.4 is 10.1 Å². The molecule has 4 nitrogen and oxygen atoms in total. The largest absolute Gasteiger partial charge is 0.491 e. The molecule has 108 valence electrons. The molecule has 0 spiro atoms. The molecule has 0 aliphatic rings. The van der Waals surface area contributed by atoms with Gasteiger partial charge in [-0.15, -0.1) is 0 Å². The van der Waals surface area contributed by atoms with Gasteiger partial charge >= 0.3 is 6.55 Å². The fraction of sp³-hybridized carbons (Fsp3) is 0.308. The maximum absolute atomic E-state index is 13.6. The SMILES string of the molecule is CCOc1ccc(NCc2nccn2C(F)F)cc1F. The Morgan fingerprint density at radius 2 is 2.20 bits per heavy atom. The Labute approximate surface area is 114 Å². The lowest BCUT2D eigenvalue weighted by atomic mass is 10.3. The average Bonchev–Trinajstić information content (AvgIpc) is 2.88. The van der Waals surface area contributed by atoms with E-state index >= 15 is 0 Å². The molecular weight excluding hydrogens is 271 g/mol. The first kappa shape index (κ1) is 14.2.